The van der Waals surface area contributed by atoms with Gasteiger partial charge in [-0.05, 0) is 6.42 Å². The van der Waals surface area contributed by atoms with E-state index in [9.17, 15) is 9.59 Å². The normalized spacial score (nSPS) is 12.1. The predicted molar refractivity (Wildman–Crippen MR) is 55.0 cm³/mol. The van der Waals surface area contributed by atoms with Gasteiger partial charge in [-0.1, -0.05) is 12.1 Å². The fraction of sp³-hybridized carbons (Fsp3) is 0.500. The molecule has 8 nitrogen and oxygen atoms in total. The Bertz CT molecular complexity index is 388. The van der Waals surface area contributed by atoms with E-state index < -0.39 is 11.9 Å². The number of primary amides is 1. The Kier molecular flexibility index (Phi) is 3.95. The summed E-state index contributed by atoms with van der Waals surface area (Å²) in [5, 5.41) is 9.44. The molecule has 1 heterocycles. The van der Waals surface area contributed by atoms with Gasteiger partial charge in [0.05, 0.1) is 17.9 Å². The van der Waals surface area contributed by atoms with Gasteiger partial charge in [0.2, 0.25) is 5.91 Å². The van der Waals surface area contributed by atoms with E-state index in [0.29, 0.717) is 5.69 Å². The molecule has 1 rings (SSSR count). The fourth-order valence-corrected chi connectivity index (χ4v) is 1.09. The average molecular weight is 226 g/mol. The second-order valence-corrected chi connectivity index (χ2v) is 3.27. The van der Waals surface area contributed by atoms with Gasteiger partial charge < -0.3 is 11.5 Å². The number of hydrogen-bond donors (Lipinski definition) is 3. The van der Waals surface area contributed by atoms with Crippen molar-refractivity contribution in [2.75, 3.05) is 0 Å². The Morgan fingerprint density at radius 3 is 2.88 bits per heavy atom. The van der Waals surface area contributed by atoms with E-state index in [1.165, 1.54) is 4.68 Å². The molecule has 0 spiro atoms. The molecular weight excluding hydrogens is 212 g/mol. The van der Waals surface area contributed by atoms with Crippen LogP contribution in [-0.2, 0) is 11.3 Å². The number of carbonyl (C=O) groups is 2. The Labute approximate surface area is 92.0 Å². The molecule has 1 aromatic heterocycles. The lowest BCUT2D eigenvalue weighted by atomic mass is 10.2. The van der Waals surface area contributed by atoms with Crippen LogP contribution in [0.15, 0.2) is 6.20 Å². The highest BCUT2D eigenvalue weighted by atomic mass is 16.2. The first-order chi connectivity index (χ1) is 7.52. The number of urea groups is 1. The highest BCUT2D eigenvalue weighted by molar-refractivity contribution is 5.93. The molecule has 0 saturated heterocycles. The summed E-state index contributed by atoms with van der Waals surface area (Å²) in [4.78, 5) is 21.5. The van der Waals surface area contributed by atoms with E-state index >= 15 is 0 Å². The maximum atomic E-state index is 11.1. The number of carbonyl (C=O) groups excluding carboxylic acids is 2. The van der Waals surface area contributed by atoms with E-state index in [2.05, 4.69) is 10.3 Å². The Hall–Kier alpha value is -1.96. The van der Waals surface area contributed by atoms with Gasteiger partial charge in [0, 0.05) is 0 Å². The van der Waals surface area contributed by atoms with Crippen molar-refractivity contribution in [1.29, 1.82) is 0 Å². The second kappa shape index (κ2) is 5.21. The van der Waals surface area contributed by atoms with Crippen molar-refractivity contribution >= 4 is 11.9 Å². The van der Waals surface area contributed by atoms with Crippen LogP contribution < -0.4 is 16.8 Å². The van der Waals surface area contributed by atoms with E-state index in [1.807, 2.05) is 12.2 Å². The van der Waals surface area contributed by atoms with Crippen LogP contribution in [-0.4, -0.2) is 26.9 Å². The molecule has 16 heavy (non-hydrogen) atoms. The molecule has 8 heteroatoms. The summed E-state index contributed by atoms with van der Waals surface area (Å²) in [5.41, 5.74) is 11.1. The topological polar surface area (TPSA) is 129 Å². The summed E-state index contributed by atoms with van der Waals surface area (Å²) in [6, 6.07) is -1.09. The van der Waals surface area contributed by atoms with Crippen molar-refractivity contribution in [2.24, 2.45) is 11.5 Å². The molecule has 3 amide bonds. The first kappa shape index (κ1) is 12.1. The van der Waals surface area contributed by atoms with Gasteiger partial charge in [-0.15, -0.1) is 5.10 Å². The predicted octanol–water partition coefficient (Wildman–Crippen LogP) is -1.12. The van der Waals surface area contributed by atoms with Crippen LogP contribution in [0.4, 0.5) is 4.79 Å². The number of nitrogens with one attached hydrogen (secondary N) is 1. The molecule has 88 valence electrons. The van der Waals surface area contributed by atoms with Gasteiger partial charge in [0.25, 0.3) is 0 Å². The van der Waals surface area contributed by atoms with Crippen LogP contribution in [0.25, 0.3) is 0 Å². The van der Waals surface area contributed by atoms with Crippen LogP contribution in [0.1, 0.15) is 25.1 Å². The lowest BCUT2D eigenvalue weighted by molar-refractivity contribution is -0.120. The number of aromatic nitrogens is 3. The minimum atomic E-state index is -0.893. The zero-order chi connectivity index (χ0) is 12.1. The summed E-state index contributed by atoms with van der Waals surface area (Å²) < 4.78 is 1.29. The summed E-state index contributed by atoms with van der Waals surface area (Å²) in [5.74, 6) is -0.547. The summed E-state index contributed by atoms with van der Waals surface area (Å²) in [6.07, 6.45) is 2.29. The van der Waals surface area contributed by atoms with E-state index in [0.717, 1.165) is 6.42 Å². The smallest absolute Gasteiger partial charge is 0.318 e. The third kappa shape index (κ3) is 3.31. The highest BCUT2D eigenvalue weighted by Crippen LogP contribution is 2.08. The number of imide groups is 1. The monoisotopic (exact) mass is 226 g/mol. The second-order valence-electron chi connectivity index (χ2n) is 3.27. The zero-order valence-electron chi connectivity index (χ0n) is 8.88. The third-order valence-electron chi connectivity index (χ3n) is 1.94. The fourth-order valence-electron chi connectivity index (χ4n) is 1.09. The SMILES string of the molecule is CCC(N)c1cn(CC(=O)NC(N)=O)nn1. The van der Waals surface area contributed by atoms with Crippen molar-refractivity contribution in [2.45, 2.75) is 25.9 Å². The van der Waals surface area contributed by atoms with E-state index in [1.54, 1.807) is 6.20 Å². The van der Waals surface area contributed by atoms with Crippen LogP contribution in [0.5, 0.6) is 0 Å². The maximum Gasteiger partial charge on any atom is 0.318 e. The zero-order valence-corrected chi connectivity index (χ0v) is 8.88. The Morgan fingerprint density at radius 2 is 2.31 bits per heavy atom. The summed E-state index contributed by atoms with van der Waals surface area (Å²) in [6.45, 7) is 1.80. The first-order valence-corrected chi connectivity index (χ1v) is 4.77. The first-order valence-electron chi connectivity index (χ1n) is 4.77. The summed E-state index contributed by atoms with van der Waals surface area (Å²) in [7, 11) is 0. The van der Waals surface area contributed by atoms with Gasteiger partial charge in [0.15, 0.2) is 0 Å². The van der Waals surface area contributed by atoms with Crippen molar-refractivity contribution in [3.05, 3.63) is 11.9 Å². The van der Waals surface area contributed by atoms with Crippen molar-refractivity contribution in [1.82, 2.24) is 20.3 Å². The Balaban J connectivity index is 2.58. The van der Waals surface area contributed by atoms with Gasteiger partial charge in [-0.25, -0.2) is 9.48 Å². The number of nitrogens with two attached hydrogens (primary N) is 2. The van der Waals surface area contributed by atoms with Gasteiger partial charge in [-0.3, -0.25) is 10.1 Å². The molecule has 1 atom stereocenters. The van der Waals surface area contributed by atoms with Crippen molar-refractivity contribution in [3.63, 3.8) is 0 Å². The molecule has 0 radical (unpaired) electrons. The standard InChI is InChI=1S/C8H14N6O2/c1-2-5(9)6-3-14(13-12-6)4-7(15)11-8(10)16/h3,5H,2,4,9H2,1H3,(H3,10,11,15,16). The van der Waals surface area contributed by atoms with Gasteiger partial charge in [0.1, 0.15) is 6.54 Å². The van der Waals surface area contributed by atoms with E-state index in [4.69, 9.17) is 11.5 Å². The quantitative estimate of drug-likeness (QED) is 0.599. The van der Waals surface area contributed by atoms with Crippen LogP contribution in [0.2, 0.25) is 0 Å². The molecular formula is C8H14N6O2. The molecule has 0 bridgehead atoms. The van der Waals surface area contributed by atoms with Crippen molar-refractivity contribution in [3.8, 4) is 0 Å². The minimum Gasteiger partial charge on any atom is -0.351 e. The molecule has 1 unspecified atom stereocenters. The number of hydrogen-bond acceptors (Lipinski definition) is 5. The highest BCUT2D eigenvalue weighted by Gasteiger charge is 2.11. The van der Waals surface area contributed by atoms with Crippen LogP contribution >= 0.6 is 0 Å². The molecule has 0 aromatic carbocycles. The van der Waals surface area contributed by atoms with Crippen LogP contribution in [0, 0.1) is 0 Å². The average Bonchev–Trinajstić information content (AvgIpc) is 2.63. The number of amides is 3. The molecule has 0 aliphatic heterocycles. The molecule has 0 fully saturated rings. The van der Waals surface area contributed by atoms with E-state index in [-0.39, 0.29) is 12.6 Å². The molecule has 5 N–H and O–H groups in total. The molecule has 0 aliphatic carbocycles. The lowest BCUT2D eigenvalue weighted by Gasteiger charge is -2.02. The number of nitrogens with zero attached hydrogens (tertiary/aromatic N) is 3. The maximum absolute atomic E-state index is 11.1. The number of rotatable bonds is 4. The lowest BCUT2D eigenvalue weighted by Crippen LogP contribution is -2.37. The molecule has 0 aliphatic rings. The van der Waals surface area contributed by atoms with Crippen LogP contribution in [0.3, 0.4) is 0 Å². The van der Waals surface area contributed by atoms with Crippen molar-refractivity contribution < 1.29 is 9.59 Å². The largest absolute Gasteiger partial charge is 0.351 e. The molecule has 1 aromatic rings. The third-order valence-corrected chi connectivity index (χ3v) is 1.94. The van der Waals surface area contributed by atoms with Gasteiger partial charge in [-0.2, -0.15) is 0 Å². The minimum absolute atomic E-state index is 0.119. The summed E-state index contributed by atoms with van der Waals surface area (Å²) >= 11 is 0. The van der Waals surface area contributed by atoms with Gasteiger partial charge >= 0.3 is 6.03 Å². The molecule has 0 saturated carbocycles. The Morgan fingerprint density at radius 1 is 1.62 bits per heavy atom.